The van der Waals surface area contributed by atoms with Crippen molar-refractivity contribution in [3.8, 4) is 0 Å². The molecule has 0 aliphatic carbocycles. The average molecular weight is 319 g/mol. The lowest BCUT2D eigenvalue weighted by atomic mass is 9.97. The van der Waals surface area contributed by atoms with Gasteiger partial charge in [-0.25, -0.2) is 4.79 Å². The third-order valence-corrected chi connectivity index (χ3v) is 2.71. The quantitative estimate of drug-likeness (QED) is 0.250. The molecule has 0 amide bonds. The summed E-state index contributed by atoms with van der Waals surface area (Å²) in [6.07, 6.45) is -1.07. The fourth-order valence-corrected chi connectivity index (χ4v) is 1.50. The van der Waals surface area contributed by atoms with Crippen LogP contribution in [0.15, 0.2) is 5.28 Å². The van der Waals surface area contributed by atoms with Crippen molar-refractivity contribution in [2.75, 3.05) is 7.05 Å². The number of ether oxygens (including phenoxy) is 1. The van der Waals surface area contributed by atoms with Crippen molar-refractivity contribution in [1.29, 1.82) is 0 Å². The molecule has 2 atom stereocenters. The number of hydrogen-bond donors (Lipinski definition) is 1. The van der Waals surface area contributed by atoms with Gasteiger partial charge in [0.15, 0.2) is 6.04 Å². The summed E-state index contributed by atoms with van der Waals surface area (Å²) in [5.74, 6) is -1.97. The number of carbonyl (C=O) groups is 2. The Morgan fingerprint density at radius 3 is 2.14 bits per heavy atom. The number of rotatable bonds is 7. The standard InChI is InChI=1S/C13H25N3O6/c1-8(2)10(11(17)18)15(7)16(20)14-22-9(3)21-12(19)13(4,5)6/h8-10H,1-7H3,(H,17,18)/b16-14-/t9?,10-/m0/s1. The molecular formula is C13H25N3O6. The minimum absolute atomic E-state index is 0.0141. The predicted molar refractivity (Wildman–Crippen MR) is 76.2 cm³/mol. The van der Waals surface area contributed by atoms with Gasteiger partial charge in [-0.05, 0) is 26.7 Å². The lowest BCUT2D eigenvalue weighted by Crippen LogP contribution is -2.45. The van der Waals surface area contributed by atoms with Crippen molar-refractivity contribution in [3.05, 3.63) is 5.21 Å². The fraction of sp³-hybridized carbons (Fsp3) is 0.846. The number of hydrazine groups is 1. The average Bonchev–Trinajstić information content (AvgIpc) is 2.33. The molecule has 0 bridgehead atoms. The van der Waals surface area contributed by atoms with E-state index < -0.39 is 29.7 Å². The summed E-state index contributed by atoms with van der Waals surface area (Å²) in [5, 5.41) is 24.9. The number of carbonyl (C=O) groups excluding carboxylic acids is 1. The van der Waals surface area contributed by atoms with Crippen LogP contribution >= 0.6 is 0 Å². The number of esters is 1. The zero-order chi connectivity index (χ0) is 17.7. The van der Waals surface area contributed by atoms with Gasteiger partial charge in [0.05, 0.1) is 17.4 Å². The van der Waals surface area contributed by atoms with Crippen molar-refractivity contribution in [1.82, 2.24) is 5.01 Å². The molecule has 0 aromatic carbocycles. The number of carboxylic acid groups (broad SMARTS) is 1. The van der Waals surface area contributed by atoms with Crippen LogP contribution in [0, 0.1) is 16.5 Å². The minimum Gasteiger partial charge on any atom is -0.569 e. The van der Waals surface area contributed by atoms with Gasteiger partial charge in [-0.1, -0.05) is 13.8 Å². The van der Waals surface area contributed by atoms with Crippen molar-refractivity contribution in [2.24, 2.45) is 16.6 Å². The topological polar surface area (TPSA) is 114 Å². The van der Waals surface area contributed by atoms with Crippen LogP contribution in [0.2, 0.25) is 0 Å². The van der Waals surface area contributed by atoms with Gasteiger partial charge in [0, 0.05) is 6.92 Å². The van der Waals surface area contributed by atoms with E-state index in [-0.39, 0.29) is 10.9 Å². The van der Waals surface area contributed by atoms with Crippen LogP contribution in [0.1, 0.15) is 41.5 Å². The van der Waals surface area contributed by atoms with Crippen LogP contribution in [0.5, 0.6) is 0 Å². The Bertz CT molecular complexity index is 430. The molecule has 22 heavy (non-hydrogen) atoms. The highest BCUT2D eigenvalue weighted by atomic mass is 16.8. The highest BCUT2D eigenvalue weighted by Gasteiger charge is 2.32. The molecule has 0 aliphatic heterocycles. The van der Waals surface area contributed by atoms with E-state index in [1.165, 1.54) is 14.0 Å². The number of nitrogens with zero attached hydrogens (tertiary/aromatic N) is 3. The summed E-state index contributed by atoms with van der Waals surface area (Å²) in [6, 6.07) is -1.06. The lowest BCUT2D eigenvalue weighted by molar-refractivity contribution is -0.713. The van der Waals surface area contributed by atoms with E-state index in [4.69, 9.17) is 14.7 Å². The molecule has 128 valence electrons. The van der Waals surface area contributed by atoms with Gasteiger partial charge in [0.25, 0.3) is 6.29 Å². The van der Waals surface area contributed by atoms with E-state index >= 15 is 0 Å². The largest absolute Gasteiger partial charge is 0.569 e. The SMILES string of the molecule is CC(O/N=[N+](\[O-])N(C)[C@H](C(=O)O)C(C)C)OC(=O)C(C)(C)C. The zero-order valence-electron chi connectivity index (χ0n) is 14.1. The van der Waals surface area contributed by atoms with E-state index in [2.05, 4.69) is 5.28 Å². The Morgan fingerprint density at radius 1 is 1.27 bits per heavy atom. The van der Waals surface area contributed by atoms with Gasteiger partial charge in [-0.15, -0.1) is 5.01 Å². The molecular weight excluding hydrogens is 294 g/mol. The van der Waals surface area contributed by atoms with Gasteiger partial charge < -0.3 is 15.1 Å². The molecule has 0 spiro atoms. The van der Waals surface area contributed by atoms with Gasteiger partial charge in [-0.2, -0.15) is 0 Å². The van der Waals surface area contributed by atoms with Gasteiger partial charge in [0.2, 0.25) is 5.28 Å². The van der Waals surface area contributed by atoms with E-state index in [0.29, 0.717) is 0 Å². The third kappa shape index (κ3) is 6.15. The van der Waals surface area contributed by atoms with Crippen LogP contribution in [0.3, 0.4) is 0 Å². The first-order chi connectivity index (χ1) is 9.87. The van der Waals surface area contributed by atoms with Crippen LogP contribution < -0.4 is 0 Å². The molecule has 0 radical (unpaired) electrons. The van der Waals surface area contributed by atoms with E-state index in [1.807, 2.05) is 0 Å². The van der Waals surface area contributed by atoms with Crippen molar-refractivity contribution < 1.29 is 29.2 Å². The van der Waals surface area contributed by atoms with E-state index in [1.54, 1.807) is 34.6 Å². The minimum atomic E-state index is -1.15. The van der Waals surface area contributed by atoms with E-state index in [9.17, 15) is 14.8 Å². The number of aliphatic carboxylic acids is 1. The Labute approximate surface area is 130 Å². The molecule has 0 heterocycles. The Morgan fingerprint density at radius 2 is 1.77 bits per heavy atom. The van der Waals surface area contributed by atoms with Crippen LogP contribution in [-0.2, 0) is 19.2 Å². The van der Waals surface area contributed by atoms with Crippen molar-refractivity contribution in [2.45, 2.75) is 53.9 Å². The molecule has 9 nitrogen and oxygen atoms in total. The van der Waals surface area contributed by atoms with Gasteiger partial charge in [-0.3, -0.25) is 9.63 Å². The normalized spacial score (nSPS) is 15.2. The molecule has 1 N–H and O–H groups in total. The summed E-state index contributed by atoms with van der Waals surface area (Å²) in [7, 11) is 1.28. The number of hydrogen-bond acceptors (Lipinski definition) is 6. The zero-order valence-corrected chi connectivity index (χ0v) is 14.1. The summed E-state index contributed by atoms with van der Waals surface area (Å²) < 4.78 is 4.95. The maximum absolute atomic E-state index is 11.7. The second-order valence-corrected chi connectivity index (χ2v) is 6.26. The predicted octanol–water partition coefficient (Wildman–Crippen LogP) is 1.77. The maximum atomic E-state index is 11.7. The molecule has 0 aromatic heterocycles. The van der Waals surface area contributed by atoms with Crippen LogP contribution in [0.4, 0.5) is 0 Å². The Balaban J connectivity index is 4.73. The molecule has 1 unspecified atom stereocenters. The Kier molecular flexibility index (Phi) is 7.08. The van der Waals surface area contributed by atoms with Crippen molar-refractivity contribution >= 4 is 11.9 Å². The summed E-state index contributed by atoms with van der Waals surface area (Å²) in [6.45, 7) is 9.75. The second kappa shape index (κ2) is 7.81. The molecule has 0 saturated carbocycles. The molecule has 0 aromatic rings. The summed E-state index contributed by atoms with van der Waals surface area (Å²) in [5.41, 5.74) is -0.711. The second-order valence-electron chi connectivity index (χ2n) is 6.26. The fourth-order valence-electron chi connectivity index (χ4n) is 1.50. The first-order valence-corrected chi connectivity index (χ1v) is 6.88. The van der Waals surface area contributed by atoms with E-state index in [0.717, 1.165) is 5.01 Å². The number of carboxylic acids is 1. The molecule has 0 aliphatic rings. The maximum Gasteiger partial charge on any atom is 0.332 e. The summed E-state index contributed by atoms with van der Waals surface area (Å²) >= 11 is 0. The van der Waals surface area contributed by atoms with Crippen molar-refractivity contribution in [3.63, 3.8) is 0 Å². The van der Waals surface area contributed by atoms with Crippen LogP contribution in [-0.4, -0.2) is 46.4 Å². The third-order valence-electron chi connectivity index (χ3n) is 2.71. The first-order valence-electron chi connectivity index (χ1n) is 6.88. The molecule has 9 heteroatoms. The molecule has 0 saturated heterocycles. The molecule has 0 fully saturated rings. The smallest absolute Gasteiger partial charge is 0.332 e. The highest BCUT2D eigenvalue weighted by molar-refractivity contribution is 5.75. The van der Waals surface area contributed by atoms with Gasteiger partial charge >= 0.3 is 11.9 Å². The molecule has 0 rings (SSSR count). The Hall–Kier alpha value is -2.06. The highest BCUT2D eigenvalue weighted by Crippen LogP contribution is 2.16. The van der Waals surface area contributed by atoms with Gasteiger partial charge in [0.1, 0.15) is 0 Å². The monoisotopic (exact) mass is 319 g/mol. The first kappa shape index (κ1) is 19.9. The lowest BCUT2D eigenvalue weighted by Gasteiger charge is -2.23. The number of likely N-dealkylation sites (N-methyl/N-ethyl adjacent to an activating group) is 1. The summed E-state index contributed by atoms with van der Waals surface area (Å²) in [4.78, 5) is 27.5. The van der Waals surface area contributed by atoms with Crippen LogP contribution in [0.25, 0.3) is 0 Å².